The lowest BCUT2D eigenvalue weighted by Gasteiger charge is -2.11. The molecule has 4 rings (SSSR count). The van der Waals surface area contributed by atoms with Gasteiger partial charge in [0.25, 0.3) is 11.1 Å². The number of anilines is 1. The molecular formula is C20H12ClNO3S. The van der Waals surface area contributed by atoms with Crippen LogP contribution in [0, 0.1) is 0 Å². The molecule has 26 heavy (non-hydrogen) atoms. The average molecular weight is 382 g/mol. The summed E-state index contributed by atoms with van der Waals surface area (Å²) in [6.07, 6.45) is 1.58. The summed E-state index contributed by atoms with van der Waals surface area (Å²) in [4.78, 5) is 26.3. The van der Waals surface area contributed by atoms with Crippen molar-refractivity contribution in [3.8, 4) is 11.3 Å². The predicted octanol–water partition coefficient (Wildman–Crippen LogP) is 5.84. The van der Waals surface area contributed by atoms with Crippen molar-refractivity contribution in [2.45, 2.75) is 0 Å². The van der Waals surface area contributed by atoms with E-state index in [4.69, 9.17) is 16.0 Å². The van der Waals surface area contributed by atoms with Crippen LogP contribution in [0.3, 0.4) is 0 Å². The van der Waals surface area contributed by atoms with E-state index in [1.165, 1.54) is 0 Å². The van der Waals surface area contributed by atoms with Gasteiger partial charge in [0, 0.05) is 11.6 Å². The molecule has 0 N–H and O–H groups in total. The second kappa shape index (κ2) is 6.86. The lowest BCUT2D eigenvalue weighted by Crippen LogP contribution is -2.27. The minimum absolute atomic E-state index is 0.318. The van der Waals surface area contributed by atoms with Crippen molar-refractivity contribution in [2.75, 3.05) is 4.90 Å². The van der Waals surface area contributed by atoms with Gasteiger partial charge in [-0.25, -0.2) is 4.90 Å². The summed E-state index contributed by atoms with van der Waals surface area (Å²) in [6, 6.07) is 19.7. The SMILES string of the molecule is O=C1S/C(=C\c2ccc(-c3ccccc3Cl)o2)C(=O)N1c1ccccc1. The first-order chi connectivity index (χ1) is 12.6. The van der Waals surface area contributed by atoms with E-state index in [1.807, 2.05) is 24.3 Å². The normalized spacial score (nSPS) is 15.9. The largest absolute Gasteiger partial charge is 0.457 e. The Bertz CT molecular complexity index is 1030. The van der Waals surface area contributed by atoms with Crippen molar-refractivity contribution in [3.63, 3.8) is 0 Å². The predicted molar refractivity (Wildman–Crippen MR) is 104 cm³/mol. The molecule has 0 atom stereocenters. The van der Waals surface area contributed by atoms with Crippen LogP contribution in [-0.2, 0) is 4.79 Å². The molecule has 1 fully saturated rings. The van der Waals surface area contributed by atoms with Gasteiger partial charge in [0.2, 0.25) is 0 Å². The number of hydrogen-bond donors (Lipinski definition) is 0. The molecule has 0 bridgehead atoms. The molecule has 0 saturated carbocycles. The third-order valence-corrected chi connectivity index (χ3v) is 5.05. The zero-order valence-corrected chi connectivity index (χ0v) is 15.0. The maximum absolute atomic E-state index is 12.6. The highest BCUT2D eigenvalue weighted by Crippen LogP contribution is 2.36. The molecule has 1 aromatic heterocycles. The highest BCUT2D eigenvalue weighted by atomic mass is 35.5. The fourth-order valence-corrected chi connectivity index (χ4v) is 3.68. The first-order valence-electron chi connectivity index (χ1n) is 7.81. The van der Waals surface area contributed by atoms with Gasteiger partial charge < -0.3 is 4.42 Å². The van der Waals surface area contributed by atoms with E-state index in [2.05, 4.69) is 0 Å². The summed E-state index contributed by atoms with van der Waals surface area (Å²) in [5.74, 6) is 0.726. The van der Waals surface area contributed by atoms with E-state index < -0.39 is 0 Å². The van der Waals surface area contributed by atoms with E-state index in [-0.39, 0.29) is 11.1 Å². The molecule has 0 unspecified atom stereocenters. The van der Waals surface area contributed by atoms with Crippen LogP contribution in [0.2, 0.25) is 5.02 Å². The molecule has 0 spiro atoms. The van der Waals surface area contributed by atoms with Gasteiger partial charge in [0.05, 0.1) is 15.6 Å². The Balaban J connectivity index is 1.63. The van der Waals surface area contributed by atoms with E-state index >= 15 is 0 Å². The van der Waals surface area contributed by atoms with Crippen LogP contribution >= 0.6 is 23.4 Å². The number of furan rings is 1. The average Bonchev–Trinajstić information content (AvgIpc) is 3.21. The first kappa shape index (κ1) is 16.7. The number of hydrogen-bond acceptors (Lipinski definition) is 4. The fraction of sp³-hybridized carbons (Fsp3) is 0. The molecule has 3 aromatic rings. The van der Waals surface area contributed by atoms with Crippen LogP contribution in [0.25, 0.3) is 17.4 Å². The summed E-state index contributed by atoms with van der Waals surface area (Å²) < 4.78 is 5.78. The van der Waals surface area contributed by atoms with Gasteiger partial charge in [-0.2, -0.15) is 0 Å². The quantitative estimate of drug-likeness (QED) is 0.535. The highest BCUT2D eigenvalue weighted by molar-refractivity contribution is 8.19. The van der Waals surface area contributed by atoms with Crippen molar-refractivity contribution >= 4 is 46.3 Å². The number of amides is 2. The van der Waals surface area contributed by atoms with Crippen molar-refractivity contribution < 1.29 is 14.0 Å². The van der Waals surface area contributed by atoms with Gasteiger partial charge in [0.15, 0.2) is 0 Å². The summed E-state index contributed by atoms with van der Waals surface area (Å²) >= 11 is 7.07. The lowest BCUT2D eigenvalue weighted by molar-refractivity contribution is -0.113. The summed E-state index contributed by atoms with van der Waals surface area (Å²) in [7, 11) is 0. The van der Waals surface area contributed by atoms with Gasteiger partial charge in [-0.15, -0.1) is 0 Å². The van der Waals surface area contributed by atoms with E-state index in [1.54, 1.807) is 48.5 Å². The Kier molecular flexibility index (Phi) is 4.41. The molecule has 1 saturated heterocycles. The molecule has 128 valence electrons. The Labute approximate surface area is 159 Å². The number of benzene rings is 2. The Morgan fingerprint density at radius 3 is 2.42 bits per heavy atom. The van der Waals surface area contributed by atoms with Gasteiger partial charge in [0.1, 0.15) is 11.5 Å². The summed E-state index contributed by atoms with van der Waals surface area (Å²) in [6.45, 7) is 0. The Morgan fingerprint density at radius 1 is 0.923 bits per heavy atom. The van der Waals surface area contributed by atoms with Crippen molar-refractivity contribution in [2.24, 2.45) is 0 Å². The second-order valence-corrected chi connectivity index (χ2v) is 6.93. The monoisotopic (exact) mass is 381 g/mol. The molecule has 0 aliphatic carbocycles. The van der Waals surface area contributed by atoms with Crippen LogP contribution in [0.1, 0.15) is 5.76 Å². The Morgan fingerprint density at radius 2 is 1.65 bits per heavy atom. The molecule has 2 heterocycles. The molecule has 2 aromatic carbocycles. The number of carbonyl (C=O) groups excluding carboxylic acids is 2. The van der Waals surface area contributed by atoms with Crippen molar-refractivity contribution in [1.29, 1.82) is 0 Å². The molecule has 6 heteroatoms. The second-order valence-electron chi connectivity index (χ2n) is 5.53. The molecular weight excluding hydrogens is 370 g/mol. The van der Waals surface area contributed by atoms with Gasteiger partial charge in [-0.1, -0.05) is 41.9 Å². The van der Waals surface area contributed by atoms with Crippen LogP contribution in [0.5, 0.6) is 0 Å². The maximum atomic E-state index is 12.6. The topological polar surface area (TPSA) is 50.5 Å². The van der Waals surface area contributed by atoms with Crippen LogP contribution in [-0.4, -0.2) is 11.1 Å². The summed E-state index contributed by atoms with van der Waals surface area (Å²) in [5, 5.41) is 0.253. The van der Waals surface area contributed by atoms with Crippen molar-refractivity contribution in [1.82, 2.24) is 0 Å². The third kappa shape index (κ3) is 3.07. The van der Waals surface area contributed by atoms with Crippen molar-refractivity contribution in [3.05, 3.63) is 82.4 Å². The summed E-state index contributed by atoms with van der Waals surface area (Å²) in [5.41, 5.74) is 1.32. The Hall–Kier alpha value is -2.76. The molecule has 0 radical (unpaired) electrons. The zero-order valence-electron chi connectivity index (χ0n) is 13.4. The van der Waals surface area contributed by atoms with Gasteiger partial charge in [-0.3, -0.25) is 9.59 Å². The number of thioether (sulfide) groups is 1. The molecule has 1 aliphatic rings. The number of para-hydroxylation sites is 1. The smallest absolute Gasteiger partial charge is 0.298 e. The van der Waals surface area contributed by atoms with E-state index in [0.717, 1.165) is 22.2 Å². The van der Waals surface area contributed by atoms with Gasteiger partial charge >= 0.3 is 0 Å². The third-order valence-electron chi connectivity index (χ3n) is 3.85. The zero-order chi connectivity index (χ0) is 18.1. The molecule has 4 nitrogen and oxygen atoms in total. The molecule has 1 aliphatic heterocycles. The maximum Gasteiger partial charge on any atom is 0.298 e. The van der Waals surface area contributed by atoms with Crippen LogP contribution in [0.4, 0.5) is 10.5 Å². The fourth-order valence-electron chi connectivity index (χ4n) is 2.63. The number of rotatable bonds is 3. The minimum Gasteiger partial charge on any atom is -0.457 e. The lowest BCUT2D eigenvalue weighted by atomic mass is 10.2. The van der Waals surface area contributed by atoms with E-state index in [0.29, 0.717) is 27.1 Å². The van der Waals surface area contributed by atoms with Crippen LogP contribution < -0.4 is 4.90 Å². The number of nitrogens with zero attached hydrogens (tertiary/aromatic N) is 1. The molecule has 2 amide bonds. The van der Waals surface area contributed by atoms with Crippen LogP contribution in [0.15, 0.2) is 76.1 Å². The number of imide groups is 1. The first-order valence-corrected chi connectivity index (χ1v) is 9.01. The number of halogens is 1. The highest BCUT2D eigenvalue weighted by Gasteiger charge is 2.36. The standard InChI is InChI=1S/C20H12ClNO3S/c21-16-9-5-4-8-15(16)17-11-10-14(25-17)12-18-19(23)22(20(24)26-18)13-6-2-1-3-7-13/h1-12H/b18-12-. The van der Waals surface area contributed by atoms with E-state index in [9.17, 15) is 9.59 Å². The van der Waals surface area contributed by atoms with Gasteiger partial charge in [-0.05, 0) is 48.2 Å². The minimum atomic E-state index is -0.359. The number of carbonyl (C=O) groups is 2.